The van der Waals surface area contributed by atoms with Crippen molar-refractivity contribution in [3.63, 3.8) is 0 Å². The summed E-state index contributed by atoms with van der Waals surface area (Å²) in [5.41, 5.74) is -0.407. The second-order valence-corrected chi connectivity index (χ2v) is 7.15. The highest BCUT2D eigenvalue weighted by molar-refractivity contribution is 5.88. The predicted molar refractivity (Wildman–Crippen MR) is 80.2 cm³/mol. The Morgan fingerprint density at radius 2 is 1.95 bits per heavy atom. The van der Waals surface area contributed by atoms with Gasteiger partial charge in [0.05, 0.1) is 17.8 Å². The zero-order chi connectivity index (χ0) is 14.9. The van der Waals surface area contributed by atoms with Gasteiger partial charge in [-0.2, -0.15) is 0 Å². The Morgan fingerprint density at radius 3 is 2.45 bits per heavy atom. The molecular formula is C16H30N2O2. The second kappa shape index (κ2) is 6.02. The van der Waals surface area contributed by atoms with Gasteiger partial charge in [-0.3, -0.25) is 10.1 Å². The molecule has 2 rings (SSSR count). The number of aliphatic hydroxyl groups excluding tert-OH is 1. The SMILES string of the molecule is CCC1(C)NC(CC(C)C)N(C2CCC(O)CC2)C1=O. The molecule has 0 bridgehead atoms. The van der Waals surface area contributed by atoms with Crippen molar-refractivity contribution in [2.45, 2.75) is 90.1 Å². The van der Waals surface area contributed by atoms with E-state index < -0.39 is 5.54 Å². The standard InChI is InChI=1S/C16H30N2O2/c1-5-16(4)15(20)18(14(17-16)10-11(2)3)12-6-8-13(19)9-7-12/h11-14,17,19H,5-10H2,1-4H3. The maximum Gasteiger partial charge on any atom is 0.244 e. The summed E-state index contributed by atoms with van der Waals surface area (Å²) in [7, 11) is 0. The topological polar surface area (TPSA) is 52.6 Å². The van der Waals surface area contributed by atoms with Crippen LogP contribution in [0.4, 0.5) is 0 Å². The van der Waals surface area contributed by atoms with Crippen molar-refractivity contribution in [1.29, 1.82) is 0 Å². The van der Waals surface area contributed by atoms with E-state index >= 15 is 0 Å². The third-order valence-electron chi connectivity index (χ3n) is 4.99. The van der Waals surface area contributed by atoms with Gasteiger partial charge in [-0.25, -0.2) is 0 Å². The molecule has 0 aromatic carbocycles. The molecule has 1 heterocycles. The van der Waals surface area contributed by atoms with Gasteiger partial charge in [0.1, 0.15) is 0 Å². The van der Waals surface area contributed by atoms with Crippen LogP contribution in [-0.2, 0) is 4.79 Å². The minimum Gasteiger partial charge on any atom is -0.393 e. The van der Waals surface area contributed by atoms with E-state index in [1.54, 1.807) is 0 Å². The first-order valence-corrected chi connectivity index (χ1v) is 8.16. The van der Waals surface area contributed by atoms with Crippen molar-refractivity contribution in [2.24, 2.45) is 5.92 Å². The number of nitrogens with zero attached hydrogens (tertiary/aromatic N) is 1. The van der Waals surface area contributed by atoms with Crippen molar-refractivity contribution in [2.75, 3.05) is 0 Å². The molecule has 1 aliphatic heterocycles. The number of hydrogen-bond acceptors (Lipinski definition) is 3. The Morgan fingerprint density at radius 1 is 1.35 bits per heavy atom. The summed E-state index contributed by atoms with van der Waals surface area (Å²) in [5.74, 6) is 0.822. The van der Waals surface area contributed by atoms with Crippen molar-refractivity contribution in [3.05, 3.63) is 0 Å². The van der Waals surface area contributed by atoms with Gasteiger partial charge in [0.15, 0.2) is 0 Å². The van der Waals surface area contributed by atoms with E-state index in [0.29, 0.717) is 12.0 Å². The summed E-state index contributed by atoms with van der Waals surface area (Å²) in [6.45, 7) is 8.51. The fraction of sp³-hybridized carbons (Fsp3) is 0.938. The molecule has 1 amide bonds. The van der Waals surface area contributed by atoms with E-state index in [1.165, 1.54) is 0 Å². The highest BCUT2D eigenvalue weighted by Gasteiger charge is 2.49. The van der Waals surface area contributed by atoms with Crippen LogP contribution in [0.15, 0.2) is 0 Å². The Hall–Kier alpha value is -0.610. The number of carbonyl (C=O) groups is 1. The van der Waals surface area contributed by atoms with E-state index in [-0.39, 0.29) is 18.2 Å². The van der Waals surface area contributed by atoms with Crippen LogP contribution in [0.1, 0.15) is 66.2 Å². The van der Waals surface area contributed by atoms with Gasteiger partial charge >= 0.3 is 0 Å². The Bertz CT molecular complexity index is 350. The van der Waals surface area contributed by atoms with Gasteiger partial charge in [-0.05, 0) is 51.4 Å². The number of aliphatic hydroxyl groups is 1. The van der Waals surface area contributed by atoms with Crippen LogP contribution in [0.2, 0.25) is 0 Å². The van der Waals surface area contributed by atoms with E-state index in [2.05, 4.69) is 31.0 Å². The number of nitrogens with one attached hydrogen (secondary N) is 1. The van der Waals surface area contributed by atoms with Crippen molar-refractivity contribution >= 4 is 5.91 Å². The highest BCUT2D eigenvalue weighted by atomic mass is 16.3. The third-order valence-corrected chi connectivity index (χ3v) is 4.99. The van der Waals surface area contributed by atoms with Crippen molar-refractivity contribution in [3.8, 4) is 0 Å². The highest BCUT2D eigenvalue weighted by Crippen LogP contribution is 2.33. The van der Waals surface area contributed by atoms with E-state index in [4.69, 9.17) is 0 Å². The Balaban J connectivity index is 2.15. The smallest absolute Gasteiger partial charge is 0.244 e. The largest absolute Gasteiger partial charge is 0.393 e. The van der Waals surface area contributed by atoms with Crippen LogP contribution in [-0.4, -0.2) is 39.8 Å². The monoisotopic (exact) mass is 282 g/mol. The van der Waals surface area contributed by atoms with Crippen LogP contribution in [0, 0.1) is 5.92 Å². The van der Waals surface area contributed by atoms with Gasteiger partial charge in [0.2, 0.25) is 5.91 Å². The number of hydrogen-bond donors (Lipinski definition) is 2. The lowest BCUT2D eigenvalue weighted by Crippen LogP contribution is -2.47. The lowest BCUT2D eigenvalue weighted by Gasteiger charge is -2.37. The molecule has 0 radical (unpaired) electrons. The zero-order valence-corrected chi connectivity index (χ0v) is 13.4. The van der Waals surface area contributed by atoms with Gasteiger partial charge in [-0.15, -0.1) is 0 Å². The number of rotatable bonds is 4. The quantitative estimate of drug-likeness (QED) is 0.831. The summed E-state index contributed by atoms with van der Waals surface area (Å²) < 4.78 is 0. The van der Waals surface area contributed by atoms with Crippen molar-refractivity contribution in [1.82, 2.24) is 10.2 Å². The minimum absolute atomic E-state index is 0.160. The molecule has 116 valence electrons. The number of amides is 1. The molecule has 1 aliphatic carbocycles. The minimum atomic E-state index is -0.407. The summed E-state index contributed by atoms with van der Waals surface area (Å²) >= 11 is 0. The molecule has 1 saturated carbocycles. The summed E-state index contributed by atoms with van der Waals surface area (Å²) in [6, 6.07) is 0.301. The first kappa shape index (κ1) is 15.8. The Kier molecular flexibility index (Phi) is 4.75. The first-order valence-electron chi connectivity index (χ1n) is 8.16. The summed E-state index contributed by atoms with van der Waals surface area (Å²) in [5, 5.41) is 13.2. The number of carbonyl (C=O) groups excluding carboxylic acids is 1. The maximum atomic E-state index is 12.8. The maximum absolute atomic E-state index is 12.8. The van der Waals surface area contributed by atoms with Crippen LogP contribution in [0.25, 0.3) is 0 Å². The molecule has 0 aromatic rings. The normalized spacial score (nSPS) is 38.8. The lowest BCUT2D eigenvalue weighted by atomic mass is 9.90. The molecule has 0 aromatic heterocycles. The van der Waals surface area contributed by atoms with Crippen LogP contribution >= 0.6 is 0 Å². The van der Waals surface area contributed by atoms with Gasteiger partial charge in [0, 0.05) is 6.04 Å². The average molecular weight is 282 g/mol. The molecule has 1 saturated heterocycles. The van der Waals surface area contributed by atoms with Crippen LogP contribution < -0.4 is 5.32 Å². The second-order valence-electron chi connectivity index (χ2n) is 7.15. The molecule has 20 heavy (non-hydrogen) atoms. The molecule has 4 heteroatoms. The molecule has 2 atom stereocenters. The fourth-order valence-electron chi connectivity index (χ4n) is 3.55. The lowest BCUT2D eigenvalue weighted by molar-refractivity contribution is -0.136. The molecule has 4 nitrogen and oxygen atoms in total. The predicted octanol–water partition coefficient (Wildman–Crippen LogP) is 2.26. The average Bonchev–Trinajstić information content (AvgIpc) is 2.63. The first-order chi connectivity index (χ1) is 9.37. The molecule has 2 aliphatic rings. The summed E-state index contributed by atoms with van der Waals surface area (Å²) in [6.07, 6.45) is 5.33. The molecular weight excluding hydrogens is 252 g/mol. The van der Waals surface area contributed by atoms with Crippen LogP contribution in [0.3, 0.4) is 0 Å². The van der Waals surface area contributed by atoms with Gasteiger partial charge in [0.25, 0.3) is 0 Å². The van der Waals surface area contributed by atoms with Crippen LogP contribution in [0.5, 0.6) is 0 Å². The van der Waals surface area contributed by atoms with Gasteiger partial charge in [-0.1, -0.05) is 20.8 Å². The molecule has 2 unspecified atom stereocenters. The fourth-order valence-corrected chi connectivity index (χ4v) is 3.55. The zero-order valence-electron chi connectivity index (χ0n) is 13.4. The molecule has 2 N–H and O–H groups in total. The molecule has 0 spiro atoms. The Labute approximate surface area is 122 Å². The van der Waals surface area contributed by atoms with E-state index in [1.807, 2.05) is 6.92 Å². The van der Waals surface area contributed by atoms with Crippen molar-refractivity contribution < 1.29 is 9.90 Å². The third kappa shape index (κ3) is 3.01. The summed E-state index contributed by atoms with van der Waals surface area (Å²) in [4.78, 5) is 14.9. The molecule has 2 fully saturated rings. The van der Waals surface area contributed by atoms with Gasteiger partial charge < -0.3 is 10.0 Å². The van der Waals surface area contributed by atoms with E-state index in [9.17, 15) is 9.90 Å². The van der Waals surface area contributed by atoms with E-state index in [0.717, 1.165) is 38.5 Å².